The summed E-state index contributed by atoms with van der Waals surface area (Å²) < 4.78 is 0. The van der Waals surface area contributed by atoms with E-state index in [0.29, 0.717) is 35.6 Å². The minimum absolute atomic E-state index is 0.0302. The van der Waals surface area contributed by atoms with Gasteiger partial charge in [0.25, 0.3) is 5.91 Å². The van der Waals surface area contributed by atoms with Crippen LogP contribution in [0, 0.1) is 6.92 Å². The second-order valence-corrected chi connectivity index (χ2v) is 8.01. The summed E-state index contributed by atoms with van der Waals surface area (Å²) in [7, 11) is 1.77. The van der Waals surface area contributed by atoms with Crippen molar-refractivity contribution in [1.29, 1.82) is 0 Å². The van der Waals surface area contributed by atoms with Gasteiger partial charge in [-0.05, 0) is 48.4 Å². The molecule has 34 heavy (non-hydrogen) atoms. The molecule has 3 N–H and O–H groups in total. The quantitative estimate of drug-likeness (QED) is 0.435. The Morgan fingerprint density at radius 1 is 0.824 bits per heavy atom. The van der Waals surface area contributed by atoms with E-state index in [2.05, 4.69) is 16.0 Å². The van der Waals surface area contributed by atoms with Gasteiger partial charge >= 0.3 is 0 Å². The van der Waals surface area contributed by atoms with E-state index in [1.165, 1.54) is 0 Å². The summed E-state index contributed by atoms with van der Waals surface area (Å²) >= 11 is 0. The molecule has 0 atom stereocenters. The highest BCUT2D eigenvalue weighted by atomic mass is 16.2. The molecule has 0 spiro atoms. The summed E-state index contributed by atoms with van der Waals surface area (Å²) in [5.41, 5.74) is 4.36. The number of anilines is 3. The van der Waals surface area contributed by atoms with E-state index in [9.17, 15) is 14.4 Å². The van der Waals surface area contributed by atoms with Crippen molar-refractivity contribution in [3.63, 3.8) is 0 Å². The summed E-state index contributed by atoms with van der Waals surface area (Å²) in [6.07, 6.45) is 0.379. The van der Waals surface area contributed by atoms with Gasteiger partial charge in [0.2, 0.25) is 11.8 Å². The monoisotopic (exact) mass is 458 g/mol. The topological polar surface area (TPSA) is 90.5 Å². The van der Waals surface area contributed by atoms with Gasteiger partial charge in [0.05, 0.1) is 6.54 Å². The molecule has 0 aliphatic heterocycles. The predicted octanol–water partition coefficient (Wildman–Crippen LogP) is 4.67. The number of carbonyl (C=O) groups excluding carboxylic acids is 3. The van der Waals surface area contributed by atoms with Crippen molar-refractivity contribution >= 4 is 34.8 Å². The SMILES string of the molecule is CCC(=O)Nc1cccc(NC(=O)CNc2cccc(C(=O)N(C)Cc3ccccc3)c2)c1C. The standard InChI is InChI=1S/C27H30N4O3/c1-4-25(32)29-23-14-9-15-24(19(23)2)30-26(33)17-28-22-13-8-12-21(16-22)27(34)31(3)18-20-10-6-5-7-11-20/h5-16,28H,4,17-18H2,1-3H3,(H,29,32)(H,30,33). The van der Waals surface area contributed by atoms with Gasteiger partial charge in [-0.2, -0.15) is 0 Å². The third kappa shape index (κ3) is 6.68. The Hall–Kier alpha value is -4.13. The van der Waals surface area contributed by atoms with Crippen LogP contribution >= 0.6 is 0 Å². The minimum atomic E-state index is -0.236. The maximum Gasteiger partial charge on any atom is 0.253 e. The van der Waals surface area contributed by atoms with Gasteiger partial charge in [0.15, 0.2) is 0 Å². The minimum Gasteiger partial charge on any atom is -0.376 e. The van der Waals surface area contributed by atoms with Crippen LogP contribution in [0.5, 0.6) is 0 Å². The van der Waals surface area contributed by atoms with Crippen LogP contribution in [0.25, 0.3) is 0 Å². The molecule has 0 fully saturated rings. The van der Waals surface area contributed by atoms with Crippen LogP contribution in [0.2, 0.25) is 0 Å². The number of rotatable bonds is 9. The zero-order valence-corrected chi connectivity index (χ0v) is 19.7. The lowest BCUT2D eigenvalue weighted by atomic mass is 10.1. The molecular weight excluding hydrogens is 428 g/mol. The van der Waals surface area contributed by atoms with Crippen molar-refractivity contribution in [1.82, 2.24) is 4.90 Å². The molecule has 0 aromatic heterocycles. The van der Waals surface area contributed by atoms with Gasteiger partial charge in [0.1, 0.15) is 0 Å². The number of amides is 3. The lowest BCUT2D eigenvalue weighted by Gasteiger charge is -2.18. The molecule has 0 saturated heterocycles. The molecule has 0 aliphatic carbocycles. The second kappa shape index (κ2) is 11.7. The average Bonchev–Trinajstić information content (AvgIpc) is 2.85. The molecular formula is C27H30N4O3. The molecule has 0 radical (unpaired) electrons. The first-order valence-electron chi connectivity index (χ1n) is 11.2. The third-order valence-electron chi connectivity index (χ3n) is 5.37. The smallest absolute Gasteiger partial charge is 0.253 e. The highest BCUT2D eigenvalue weighted by molar-refractivity contribution is 5.98. The number of benzene rings is 3. The average molecular weight is 459 g/mol. The number of nitrogens with zero attached hydrogens (tertiary/aromatic N) is 1. The molecule has 176 valence electrons. The van der Waals surface area contributed by atoms with E-state index in [0.717, 1.165) is 11.1 Å². The van der Waals surface area contributed by atoms with Crippen LogP contribution in [0.3, 0.4) is 0 Å². The Bertz CT molecular complexity index is 1160. The fraction of sp³-hybridized carbons (Fsp3) is 0.222. The number of hydrogen-bond acceptors (Lipinski definition) is 4. The normalized spacial score (nSPS) is 10.3. The van der Waals surface area contributed by atoms with Crippen molar-refractivity contribution in [3.8, 4) is 0 Å². The molecule has 0 aliphatic rings. The Balaban J connectivity index is 1.58. The fourth-order valence-corrected chi connectivity index (χ4v) is 3.43. The van der Waals surface area contributed by atoms with Crippen molar-refractivity contribution in [2.45, 2.75) is 26.8 Å². The molecule has 7 heteroatoms. The van der Waals surface area contributed by atoms with Crippen LogP contribution in [-0.2, 0) is 16.1 Å². The summed E-state index contributed by atoms with van der Waals surface area (Å²) in [5.74, 6) is -0.421. The first-order valence-corrected chi connectivity index (χ1v) is 11.2. The predicted molar refractivity (Wildman–Crippen MR) is 136 cm³/mol. The lowest BCUT2D eigenvalue weighted by Crippen LogP contribution is -2.26. The van der Waals surface area contributed by atoms with Crippen molar-refractivity contribution in [2.75, 3.05) is 29.5 Å². The number of hydrogen-bond donors (Lipinski definition) is 3. The van der Waals surface area contributed by atoms with E-state index < -0.39 is 0 Å². The van der Waals surface area contributed by atoms with Crippen LogP contribution in [-0.4, -0.2) is 36.2 Å². The molecule has 0 bridgehead atoms. The van der Waals surface area contributed by atoms with Gasteiger partial charge in [-0.15, -0.1) is 0 Å². The van der Waals surface area contributed by atoms with Gasteiger partial charge in [-0.1, -0.05) is 49.4 Å². The molecule has 0 saturated carbocycles. The summed E-state index contributed by atoms with van der Waals surface area (Å²) in [5, 5.41) is 8.77. The fourth-order valence-electron chi connectivity index (χ4n) is 3.43. The number of carbonyl (C=O) groups is 3. The zero-order chi connectivity index (χ0) is 24.5. The first-order chi connectivity index (χ1) is 16.4. The molecule has 0 heterocycles. The highest BCUT2D eigenvalue weighted by Crippen LogP contribution is 2.23. The maximum absolute atomic E-state index is 12.8. The van der Waals surface area contributed by atoms with Gasteiger partial charge in [-0.25, -0.2) is 0 Å². The summed E-state index contributed by atoms with van der Waals surface area (Å²) in [6, 6.07) is 22.3. The van der Waals surface area contributed by atoms with E-state index in [-0.39, 0.29) is 24.3 Å². The highest BCUT2D eigenvalue weighted by Gasteiger charge is 2.13. The largest absolute Gasteiger partial charge is 0.376 e. The molecule has 3 rings (SSSR count). The summed E-state index contributed by atoms with van der Waals surface area (Å²) in [4.78, 5) is 38.7. The van der Waals surface area contributed by atoms with Crippen LogP contribution < -0.4 is 16.0 Å². The third-order valence-corrected chi connectivity index (χ3v) is 5.37. The summed E-state index contributed by atoms with van der Waals surface area (Å²) in [6.45, 7) is 4.17. The maximum atomic E-state index is 12.8. The van der Waals surface area contributed by atoms with Gasteiger partial charge in [0, 0.05) is 42.6 Å². The molecule has 3 amide bonds. The molecule has 0 unspecified atom stereocenters. The Morgan fingerprint density at radius 2 is 1.47 bits per heavy atom. The molecule has 3 aromatic rings. The Morgan fingerprint density at radius 3 is 2.15 bits per heavy atom. The Labute approximate surface area is 200 Å². The van der Waals surface area contributed by atoms with Crippen LogP contribution in [0.15, 0.2) is 72.8 Å². The van der Waals surface area contributed by atoms with Gasteiger partial charge < -0.3 is 20.9 Å². The Kier molecular flexibility index (Phi) is 8.40. The van der Waals surface area contributed by atoms with Crippen molar-refractivity contribution < 1.29 is 14.4 Å². The van der Waals surface area contributed by atoms with E-state index in [1.807, 2.05) is 43.3 Å². The first kappa shape index (κ1) is 24.5. The van der Waals surface area contributed by atoms with E-state index >= 15 is 0 Å². The zero-order valence-electron chi connectivity index (χ0n) is 19.7. The van der Waals surface area contributed by atoms with Crippen LogP contribution in [0.4, 0.5) is 17.1 Å². The van der Waals surface area contributed by atoms with Crippen molar-refractivity contribution in [2.24, 2.45) is 0 Å². The van der Waals surface area contributed by atoms with E-state index in [4.69, 9.17) is 0 Å². The second-order valence-electron chi connectivity index (χ2n) is 8.01. The van der Waals surface area contributed by atoms with Crippen molar-refractivity contribution in [3.05, 3.63) is 89.5 Å². The number of nitrogens with one attached hydrogen (secondary N) is 3. The lowest BCUT2D eigenvalue weighted by molar-refractivity contribution is -0.116. The van der Waals surface area contributed by atoms with E-state index in [1.54, 1.807) is 55.3 Å². The van der Waals surface area contributed by atoms with Crippen LogP contribution in [0.1, 0.15) is 34.8 Å². The molecule has 3 aromatic carbocycles. The molecule has 7 nitrogen and oxygen atoms in total. The van der Waals surface area contributed by atoms with Gasteiger partial charge in [-0.3, -0.25) is 14.4 Å².